The van der Waals surface area contributed by atoms with Crippen molar-refractivity contribution in [2.75, 3.05) is 18.5 Å². The van der Waals surface area contributed by atoms with Crippen molar-refractivity contribution in [3.8, 4) is 0 Å². The first-order valence-corrected chi connectivity index (χ1v) is 10.3. The first kappa shape index (κ1) is 23.2. The van der Waals surface area contributed by atoms with Gasteiger partial charge in [0, 0.05) is 12.2 Å². The third-order valence-corrected chi connectivity index (χ3v) is 6.26. The molecule has 3 unspecified atom stereocenters. The molecule has 174 valence electrons. The van der Waals surface area contributed by atoms with Crippen LogP contribution in [-0.4, -0.2) is 30.6 Å². The maximum Gasteiger partial charge on any atom is 0.399 e. The fourth-order valence-corrected chi connectivity index (χ4v) is 4.83. The highest BCUT2D eigenvalue weighted by atomic mass is 19.4. The molecular formula is C25H21F6NO. The van der Waals surface area contributed by atoms with Gasteiger partial charge in [0.15, 0.2) is 0 Å². The predicted molar refractivity (Wildman–Crippen MR) is 113 cm³/mol. The standard InChI is InChI=1S/C25H21F6NO/c26-24(27,28)21(16-7-3-1-4-8-16)18-11-12-20-19(13-18)23(15-33,14-32-20)22(25(29,30)31)17-9-5-2-6-10-17/h1-13,21-22,32-33H,14-15H2. The van der Waals surface area contributed by atoms with Crippen molar-refractivity contribution >= 4 is 5.69 Å². The molecule has 33 heavy (non-hydrogen) atoms. The Morgan fingerprint density at radius 1 is 0.758 bits per heavy atom. The monoisotopic (exact) mass is 465 g/mol. The van der Waals surface area contributed by atoms with E-state index in [0.29, 0.717) is 0 Å². The Kier molecular flexibility index (Phi) is 5.90. The molecule has 2 nitrogen and oxygen atoms in total. The lowest BCUT2D eigenvalue weighted by molar-refractivity contribution is -0.169. The summed E-state index contributed by atoms with van der Waals surface area (Å²) < 4.78 is 85.4. The zero-order chi connectivity index (χ0) is 23.9. The van der Waals surface area contributed by atoms with Gasteiger partial charge in [0.25, 0.3) is 0 Å². The van der Waals surface area contributed by atoms with E-state index in [1.807, 2.05) is 0 Å². The number of hydrogen-bond donors (Lipinski definition) is 2. The normalized spacial score (nSPS) is 20.1. The molecule has 1 aliphatic rings. The highest BCUT2D eigenvalue weighted by molar-refractivity contribution is 5.64. The lowest BCUT2D eigenvalue weighted by atomic mass is 9.68. The molecular weight excluding hydrogens is 444 g/mol. The SMILES string of the molecule is OCC1(C(c2ccccc2)C(F)(F)F)CNc2ccc(C(c3ccccc3)C(F)(F)F)cc21. The van der Waals surface area contributed by atoms with Gasteiger partial charge in [0.05, 0.1) is 17.9 Å². The molecule has 0 aromatic heterocycles. The summed E-state index contributed by atoms with van der Waals surface area (Å²) in [7, 11) is 0. The maximum absolute atomic E-state index is 14.4. The van der Waals surface area contributed by atoms with Gasteiger partial charge in [-0.15, -0.1) is 0 Å². The van der Waals surface area contributed by atoms with Crippen LogP contribution in [0.3, 0.4) is 0 Å². The van der Waals surface area contributed by atoms with Gasteiger partial charge in [-0.2, -0.15) is 26.3 Å². The molecule has 0 spiro atoms. The Morgan fingerprint density at radius 2 is 1.33 bits per heavy atom. The van der Waals surface area contributed by atoms with Crippen LogP contribution < -0.4 is 5.32 Å². The first-order valence-electron chi connectivity index (χ1n) is 10.3. The van der Waals surface area contributed by atoms with E-state index in [2.05, 4.69) is 5.32 Å². The Hall–Kier alpha value is -3.00. The number of hydrogen-bond acceptors (Lipinski definition) is 2. The predicted octanol–water partition coefficient (Wildman–Crippen LogP) is 6.38. The summed E-state index contributed by atoms with van der Waals surface area (Å²) in [6.07, 6.45) is -9.40. The van der Waals surface area contributed by atoms with Crippen molar-refractivity contribution in [1.82, 2.24) is 0 Å². The summed E-state index contributed by atoms with van der Waals surface area (Å²) in [6.45, 7) is -1.15. The van der Waals surface area contributed by atoms with Gasteiger partial charge in [-0.3, -0.25) is 0 Å². The maximum atomic E-state index is 14.4. The Morgan fingerprint density at radius 3 is 1.85 bits per heavy atom. The van der Waals surface area contributed by atoms with Gasteiger partial charge in [-0.05, 0) is 28.3 Å². The molecule has 0 saturated heterocycles. The molecule has 0 radical (unpaired) electrons. The fourth-order valence-electron chi connectivity index (χ4n) is 4.83. The molecule has 1 heterocycles. The van der Waals surface area contributed by atoms with Crippen molar-refractivity contribution in [2.45, 2.75) is 29.6 Å². The van der Waals surface area contributed by atoms with Gasteiger partial charge in [-0.25, -0.2) is 0 Å². The van der Waals surface area contributed by atoms with Gasteiger partial charge >= 0.3 is 12.4 Å². The van der Waals surface area contributed by atoms with Gasteiger partial charge in [-0.1, -0.05) is 72.8 Å². The van der Waals surface area contributed by atoms with Crippen LogP contribution in [0.15, 0.2) is 78.9 Å². The summed E-state index contributed by atoms with van der Waals surface area (Å²) in [4.78, 5) is 0. The molecule has 8 heteroatoms. The number of anilines is 1. The lowest BCUT2D eigenvalue weighted by Gasteiger charge is -2.38. The minimum atomic E-state index is -4.74. The van der Waals surface area contributed by atoms with E-state index in [9.17, 15) is 31.4 Å². The third kappa shape index (κ3) is 4.19. The van der Waals surface area contributed by atoms with E-state index >= 15 is 0 Å². The van der Waals surface area contributed by atoms with Gasteiger partial charge in [0.2, 0.25) is 0 Å². The average molecular weight is 465 g/mol. The van der Waals surface area contributed by atoms with Crippen molar-refractivity contribution < 1.29 is 31.4 Å². The molecule has 1 aliphatic heterocycles. The number of halogens is 6. The number of aliphatic hydroxyl groups is 1. The second kappa shape index (κ2) is 8.41. The summed E-state index contributed by atoms with van der Waals surface area (Å²) >= 11 is 0. The van der Waals surface area contributed by atoms with Gasteiger partial charge < -0.3 is 10.4 Å². The number of benzene rings is 3. The minimum Gasteiger partial charge on any atom is -0.395 e. The van der Waals surface area contributed by atoms with E-state index < -0.39 is 36.2 Å². The molecule has 0 aliphatic carbocycles. The summed E-state index contributed by atoms with van der Waals surface area (Å²) in [6, 6.07) is 18.2. The van der Waals surface area contributed by atoms with Crippen molar-refractivity contribution in [2.24, 2.45) is 0 Å². The van der Waals surface area contributed by atoms with Crippen LogP contribution in [0.1, 0.15) is 34.1 Å². The fraction of sp³-hybridized carbons (Fsp3) is 0.280. The number of alkyl halides is 6. The Labute approximate surface area is 186 Å². The molecule has 0 fully saturated rings. The zero-order valence-corrected chi connectivity index (χ0v) is 17.3. The van der Waals surface area contributed by atoms with Crippen molar-refractivity contribution in [3.63, 3.8) is 0 Å². The van der Waals surface area contributed by atoms with E-state index in [-0.39, 0.29) is 34.5 Å². The summed E-state index contributed by atoms with van der Waals surface area (Å²) in [5, 5.41) is 13.2. The average Bonchev–Trinajstić information content (AvgIpc) is 3.12. The zero-order valence-electron chi connectivity index (χ0n) is 17.3. The molecule has 0 saturated carbocycles. The van der Waals surface area contributed by atoms with Crippen molar-refractivity contribution in [3.05, 3.63) is 101 Å². The summed E-state index contributed by atoms with van der Waals surface area (Å²) in [5.41, 5.74) is -1.82. The van der Waals surface area contributed by atoms with Crippen molar-refractivity contribution in [1.29, 1.82) is 0 Å². The molecule has 0 amide bonds. The van der Waals surface area contributed by atoms with Crippen LogP contribution in [0.25, 0.3) is 0 Å². The van der Waals surface area contributed by atoms with Crippen LogP contribution >= 0.6 is 0 Å². The topological polar surface area (TPSA) is 32.3 Å². The molecule has 3 aromatic carbocycles. The number of nitrogens with one attached hydrogen (secondary N) is 1. The Bertz CT molecular complexity index is 1100. The quantitative estimate of drug-likeness (QED) is 0.429. The lowest BCUT2D eigenvalue weighted by Crippen LogP contribution is -2.46. The molecule has 3 atom stereocenters. The smallest absolute Gasteiger partial charge is 0.395 e. The number of fused-ring (bicyclic) bond motifs is 1. The van der Waals surface area contributed by atoms with E-state index in [1.165, 1.54) is 66.7 Å². The highest BCUT2D eigenvalue weighted by Gasteiger charge is 2.57. The van der Waals surface area contributed by atoms with Crippen LogP contribution in [-0.2, 0) is 5.41 Å². The molecule has 3 aromatic rings. The minimum absolute atomic E-state index is 0.0130. The second-order valence-corrected chi connectivity index (χ2v) is 8.24. The highest BCUT2D eigenvalue weighted by Crippen LogP contribution is 2.54. The molecule has 4 rings (SSSR count). The largest absolute Gasteiger partial charge is 0.399 e. The van der Waals surface area contributed by atoms with E-state index in [4.69, 9.17) is 0 Å². The van der Waals surface area contributed by atoms with E-state index in [1.54, 1.807) is 12.1 Å². The molecule has 0 bridgehead atoms. The van der Waals surface area contributed by atoms with Gasteiger partial charge in [0.1, 0.15) is 5.92 Å². The van der Waals surface area contributed by atoms with E-state index in [0.717, 1.165) is 0 Å². The van der Waals surface area contributed by atoms with Crippen LogP contribution in [0.5, 0.6) is 0 Å². The molecule has 2 N–H and O–H groups in total. The Balaban J connectivity index is 1.90. The number of aliphatic hydroxyl groups excluding tert-OH is 1. The summed E-state index contributed by atoms with van der Waals surface area (Å²) in [5.74, 6) is -4.12. The third-order valence-electron chi connectivity index (χ3n) is 6.26. The van der Waals surface area contributed by atoms with Crippen LogP contribution in [0, 0.1) is 0 Å². The van der Waals surface area contributed by atoms with Crippen LogP contribution in [0.2, 0.25) is 0 Å². The second-order valence-electron chi connectivity index (χ2n) is 8.24. The number of rotatable bonds is 5. The van der Waals surface area contributed by atoms with Crippen LogP contribution in [0.4, 0.5) is 32.0 Å². The first-order chi connectivity index (χ1) is 15.6.